The van der Waals surface area contributed by atoms with Crippen LogP contribution in [0.2, 0.25) is 0 Å². The Morgan fingerprint density at radius 3 is 2.00 bits per heavy atom. The van der Waals surface area contributed by atoms with Gasteiger partial charge in [0.25, 0.3) is 10.2 Å². The third-order valence-corrected chi connectivity index (χ3v) is 6.50. The number of nitrogens with one attached hydrogen (secondary N) is 1. The molecular weight excluding hydrogens is 278 g/mol. The van der Waals surface area contributed by atoms with Crippen molar-refractivity contribution in [3.8, 4) is 0 Å². The van der Waals surface area contributed by atoms with Crippen LogP contribution in [0.3, 0.4) is 0 Å². The van der Waals surface area contributed by atoms with Gasteiger partial charge in [-0.05, 0) is 38.5 Å². The topological polar surface area (TPSA) is 69.7 Å². The fourth-order valence-corrected chi connectivity index (χ4v) is 4.70. The minimum atomic E-state index is -3.29. The molecule has 0 bridgehead atoms. The lowest BCUT2D eigenvalue weighted by molar-refractivity contribution is -0.126. The van der Waals surface area contributed by atoms with Gasteiger partial charge in [0.2, 0.25) is 5.91 Å². The van der Waals surface area contributed by atoms with Gasteiger partial charge >= 0.3 is 0 Å². The van der Waals surface area contributed by atoms with Crippen LogP contribution < -0.4 is 5.32 Å². The quantitative estimate of drug-likeness (QED) is 0.813. The van der Waals surface area contributed by atoms with Gasteiger partial charge in [0, 0.05) is 38.1 Å². The molecule has 6 nitrogen and oxygen atoms in total. The monoisotopic (exact) mass is 301 g/mol. The van der Waals surface area contributed by atoms with Gasteiger partial charge in [-0.3, -0.25) is 4.79 Å². The summed E-state index contributed by atoms with van der Waals surface area (Å²) in [5.74, 6) is 0.103. The highest BCUT2D eigenvalue weighted by atomic mass is 32.2. The molecule has 3 rings (SSSR count). The van der Waals surface area contributed by atoms with Gasteiger partial charge in [0.15, 0.2) is 0 Å². The largest absolute Gasteiger partial charge is 0.353 e. The Morgan fingerprint density at radius 2 is 1.45 bits per heavy atom. The Morgan fingerprint density at radius 1 is 0.900 bits per heavy atom. The third-order valence-electron chi connectivity index (χ3n) is 4.47. The van der Waals surface area contributed by atoms with Crippen LogP contribution in [0.1, 0.15) is 38.5 Å². The second-order valence-electron chi connectivity index (χ2n) is 6.07. The first-order valence-electron chi connectivity index (χ1n) is 7.63. The van der Waals surface area contributed by atoms with Gasteiger partial charge in [-0.2, -0.15) is 17.0 Å². The van der Waals surface area contributed by atoms with Gasteiger partial charge in [0.1, 0.15) is 0 Å². The molecule has 0 aromatic rings. The predicted octanol–water partition coefficient (Wildman–Crippen LogP) is 0.318. The molecule has 1 saturated carbocycles. The first-order valence-corrected chi connectivity index (χ1v) is 9.02. The first-order chi connectivity index (χ1) is 9.57. The third kappa shape index (κ3) is 2.99. The Bertz CT molecular complexity index is 461. The summed E-state index contributed by atoms with van der Waals surface area (Å²) in [5.41, 5.74) is 0. The van der Waals surface area contributed by atoms with Crippen molar-refractivity contribution in [3.05, 3.63) is 0 Å². The van der Waals surface area contributed by atoms with E-state index in [2.05, 4.69) is 5.32 Å². The van der Waals surface area contributed by atoms with E-state index in [0.29, 0.717) is 45.1 Å². The van der Waals surface area contributed by atoms with Crippen molar-refractivity contribution in [2.45, 2.75) is 44.6 Å². The standard InChI is InChI=1S/C13H23N3O3S/c17-13(14-12-3-4-12)11-5-9-16(10-6-11)20(18,19)15-7-1-2-8-15/h11-12H,1-10H2,(H,14,17). The summed E-state index contributed by atoms with van der Waals surface area (Å²) in [6, 6.07) is 0.383. The summed E-state index contributed by atoms with van der Waals surface area (Å²) in [6.07, 6.45) is 5.39. The van der Waals surface area contributed by atoms with Crippen molar-refractivity contribution in [1.29, 1.82) is 0 Å². The first kappa shape index (κ1) is 14.3. The van der Waals surface area contributed by atoms with Gasteiger partial charge in [-0.1, -0.05) is 0 Å². The molecule has 1 amide bonds. The van der Waals surface area contributed by atoms with E-state index in [1.165, 1.54) is 0 Å². The molecule has 20 heavy (non-hydrogen) atoms. The van der Waals surface area contributed by atoms with E-state index in [4.69, 9.17) is 0 Å². The Hall–Kier alpha value is -0.660. The second-order valence-corrected chi connectivity index (χ2v) is 8.00. The van der Waals surface area contributed by atoms with Crippen molar-refractivity contribution >= 4 is 16.1 Å². The number of carbonyl (C=O) groups excluding carboxylic acids is 1. The maximum absolute atomic E-state index is 12.4. The van der Waals surface area contributed by atoms with Gasteiger partial charge in [-0.25, -0.2) is 0 Å². The fraction of sp³-hybridized carbons (Fsp3) is 0.923. The molecule has 1 aliphatic carbocycles. The normalized spacial score (nSPS) is 26.8. The minimum Gasteiger partial charge on any atom is -0.353 e. The van der Waals surface area contributed by atoms with Crippen LogP contribution in [0.5, 0.6) is 0 Å². The minimum absolute atomic E-state index is 0.0133. The molecule has 2 saturated heterocycles. The Kier molecular flexibility index (Phi) is 4.01. The van der Waals surface area contributed by atoms with Crippen LogP contribution in [-0.4, -0.2) is 55.2 Å². The molecular formula is C13H23N3O3S. The summed E-state index contributed by atoms with van der Waals surface area (Å²) in [4.78, 5) is 12.0. The summed E-state index contributed by atoms with van der Waals surface area (Å²) >= 11 is 0. The number of piperidine rings is 1. The van der Waals surface area contributed by atoms with Crippen LogP contribution in [0, 0.1) is 5.92 Å². The molecule has 2 heterocycles. The molecule has 3 fully saturated rings. The van der Waals surface area contributed by atoms with E-state index in [1.807, 2.05) is 0 Å². The number of hydrogen-bond acceptors (Lipinski definition) is 3. The molecule has 7 heteroatoms. The molecule has 114 valence electrons. The predicted molar refractivity (Wildman–Crippen MR) is 75.2 cm³/mol. The maximum Gasteiger partial charge on any atom is 0.281 e. The molecule has 0 spiro atoms. The molecule has 3 aliphatic rings. The zero-order valence-electron chi connectivity index (χ0n) is 11.8. The van der Waals surface area contributed by atoms with Gasteiger partial charge in [0.05, 0.1) is 0 Å². The number of amides is 1. The lowest BCUT2D eigenvalue weighted by atomic mass is 9.97. The molecule has 0 atom stereocenters. The van der Waals surface area contributed by atoms with E-state index < -0.39 is 10.2 Å². The summed E-state index contributed by atoms with van der Waals surface area (Å²) < 4.78 is 27.9. The van der Waals surface area contributed by atoms with Crippen LogP contribution in [0.25, 0.3) is 0 Å². The van der Waals surface area contributed by atoms with Crippen molar-refractivity contribution in [2.24, 2.45) is 5.92 Å². The summed E-state index contributed by atoms with van der Waals surface area (Å²) in [5, 5.41) is 3.01. The highest BCUT2D eigenvalue weighted by molar-refractivity contribution is 7.86. The van der Waals surface area contributed by atoms with Crippen LogP contribution in [0.4, 0.5) is 0 Å². The second kappa shape index (κ2) is 5.61. The Labute approximate surface area is 120 Å². The van der Waals surface area contributed by atoms with Crippen LogP contribution >= 0.6 is 0 Å². The van der Waals surface area contributed by atoms with Gasteiger partial charge < -0.3 is 5.32 Å². The van der Waals surface area contributed by atoms with Crippen molar-refractivity contribution in [1.82, 2.24) is 13.9 Å². The van der Waals surface area contributed by atoms with Gasteiger partial charge in [-0.15, -0.1) is 0 Å². The molecule has 0 radical (unpaired) electrons. The van der Waals surface area contributed by atoms with E-state index in [9.17, 15) is 13.2 Å². The van der Waals surface area contributed by atoms with E-state index in [1.54, 1.807) is 8.61 Å². The molecule has 1 N–H and O–H groups in total. The molecule has 0 unspecified atom stereocenters. The lowest BCUT2D eigenvalue weighted by Gasteiger charge is -2.33. The van der Waals surface area contributed by atoms with Crippen molar-refractivity contribution in [2.75, 3.05) is 26.2 Å². The number of hydrogen-bond donors (Lipinski definition) is 1. The highest BCUT2D eigenvalue weighted by Crippen LogP contribution is 2.25. The zero-order valence-corrected chi connectivity index (χ0v) is 12.6. The highest BCUT2D eigenvalue weighted by Gasteiger charge is 2.36. The molecule has 0 aromatic carbocycles. The maximum atomic E-state index is 12.4. The fourth-order valence-electron chi connectivity index (χ4n) is 2.98. The SMILES string of the molecule is O=C(NC1CC1)C1CCN(S(=O)(=O)N2CCCC2)CC1. The number of carbonyl (C=O) groups is 1. The summed E-state index contributed by atoms with van der Waals surface area (Å²) in [6.45, 7) is 2.23. The zero-order chi connectivity index (χ0) is 14.2. The number of rotatable bonds is 4. The summed E-state index contributed by atoms with van der Waals surface area (Å²) in [7, 11) is -3.29. The van der Waals surface area contributed by atoms with Crippen molar-refractivity contribution in [3.63, 3.8) is 0 Å². The lowest BCUT2D eigenvalue weighted by Crippen LogP contribution is -2.48. The Balaban J connectivity index is 1.53. The average molecular weight is 301 g/mol. The van der Waals surface area contributed by atoms with E-state index in [0.717, 1.165) is 25.7 Å². The molecule has 0 aromatic heterocycles. The number of nitrogens with zero attached hydrogens (tertiary/aromatic N) is 2. The smallest absolute Gasteiger partial charge is 0.281 e. The van der Waals surface area contributed by atoms with Crippen molar-refractivity contribution < 1.29 is 13.2 Å². The van der Waals surface area contributed by atoms with E-state index in [-0.39, 0.29) is 11.8 Å². The van der Waals surface area contributed by atoms with Crippen LogP contribution in [0.15, 0.2) is 0 Å². The van der Waals surface area contributed by atoms with Crippen LogP contribution in [-0.2, 0) is 15.0 Å². The molecule has 2 aliphatic heterocycles. The average Bonchev–Trinajstić information content (AvgIpc) is 3.08. The van der Waals surface area contributed by atoms with E-state index >= 15 is 0 Å².